The van der Waals surface area contributed by atoms with E-state index < -0.39 is 0 Å². The highest BCUT2D eigenvalue weighted by Gasteiger charge is 2.20. The van der Waals surface area contributed by atoms with Gasteiger partial charge < -0.3 is 10.7 Å². The number of carbonyl (C=O) groups is 1. The summed E-state index contributed by atoms with van der Waals surface area (Å²) < 4.78 is 0. The highest BCUT2D eigenvalue weighted by atomic mass is 16.1. The summed E-state index contributed by atoms with van der Waals surface area (Å²) in [4.78, 5) is 12.3. The molecule has 1 saturated carbocycles. The van der Waals surface area contributed by atoms with E-state index in [4.69, 9.17) is 5.84 Å². The van der Waals surface area contributed by atoms with E-state index >= 15 is 0 Å². The molecule has 104 valence electrons. The maximum absolute atomic E-state index is 12.3. The summed E-state index contributed by atoms with van der Waals surface area (Å²) in [5.41, 5.74) is 5.08. The van der Waals surface area contributed by atoms with Crippen molar-refractivity contribution in [3.05, 3.63) is 29.3 Å². The van der Waals surface area contributed by atoms with Crippen molar-refractivity contribution in [1.29, 1.82) is 0 Å². The molecule has 4 nitrogen and oxygen atoms in total. The molecule has 1 aromatic carbocycles. The third-order valence-electron chi connectivity index (χ3n) is 3.99. The van der Waals surface area contributed by atoms with E-state index in [9.17, 15) is 4.79 Å². The van der Waals surface area contributed by atoms with E-state index in [2.05, 4.69) is 17.7 Å². The molecule has 4 N–H and O–H groups in total. The maximum Gasteiger partial charge on any atom is 0.251 e. The second kappa shape index (κ2) is 6.06. The third kappa shape index (κ3) is 3.47. The molecule has 0 aromatic heterocycles. The molecule has 0 radical (unpaired) electrons. The SMILES string of the molecule is Cc1cc(NN)ccc1C(=O)NC1CCC(C)CC1. The van der Waals surface area contributed by atoms with Crippen LogP contribution >= 0.6 is 0 Å². The number of rotatable bonds is 3. The first kappa shape index (κ1) is 13.9. The molecular weight excluding hydrogens is 238 g/mol. The van der Waals surface area contributed by atoms with Crippen LogP contribution in [0.15, 0.2) is 18.2 Å². The van der Waals surface area contributed by atoms with E-state index in [-0.39, 0.29) is 5.91 Å². The Morgan fingerprint density at radius 2 is 1.95 bits per heavy atom. The van der Waals surface area contributed by atoms with E-state index in [1.807, 2.05) is 25.1 Å². The van der Waals surface area contributed by atoms with Crippen LogP contribution in [0.1, 0.15) is 48.5 Å². The van der Waals surface area contributed by atoms with Gasteiger partial charge in [-0.2, -0.15) is 0 Å². The Hall–Kier alpha value is -1.55. The number of benzene rings is 1. The lowest BCUT2D eigenvalue weighted by atomic mass is 9.87. The Balaban J connectivity index is 2.00. The van der Waals surface area contributed by atoms with Gasteiger partial charge in [-0.3, -0.25) is 10.6 Å². The first-order valence-corrected chi connectivity index (χ1v) is 6.98. The number of anilines is 1. The maximum atomic E-state index is 12.3. The lowest BCUT2D eigenvalue weighted by molar-refractivity contribution is 0.0922. The van der Waals surface area contributed by atoms with E-state index in [1.165, 1.54) is 12.8 Å². The summed E-state index contributed by atoms with van der Waals surface area (Å²) >= 11 is 0. The Bertz CT molecular complexity index is 451. The molecule has 1 aromatic rings. The van der Waals surface area contributed by atoms with E-state index in [1.54, 1.807) is 0 Å². The third-order valence-corrected chi connectivity index (χ3v) is 3.99. The Morgan fingerprint density at radius 1 is 1.26 bits per heavy atom. The molecule has 1 fully saturated rings. The van der Waals surface area contributed by atoms with Crippen LogP contribution in [0, 0.1) is 12.8 Å². The van der Waals surface area contributed by atoms with Crippen LogP contribution in [-0.2, 0) is 0 Å². The molecule has 19 heavy (non-hydrogen) atoms. The number of carbonyl (C=O) groups excluding carboxylic acids is 1. The van der Waals surface area contributed by atoms with Crippen LogP contribution in [0.5, 0.6) is 0 Å². The van der Waals surface area contributed by atoms with Crippen LogP contribution in [0.2, 0.25) is 0 Å². The van der Waals surface area contributed by atoms with Gasteiger partial charge in [0.05, 0.1) is 0 Å². The number of nitrogens with two attached hydrogens (primary N) is 1. The van der Waals surface area contributed by atoms with Crippen molar-refractivity contribution in [3.63, 3.8) is 0 Å². The molecule has 1 amide bonds. The monoisotopic (exact) mass is 261 g/mol. The van der Waals surface area contributed by atoms with Crippen molar-refractivity contribution < 1.29 is 4.79 Å². The Labute approximate surface area is 114 Å². The fraction of sp³-hybridized carbons (Fsp3) is 0.533. The summed E-state index contributed by atoms with van der Waals surface area (Å²) in [6.45, 7) is 4.21. The van der Waals surface area contributed by atoms with Gasteiger partial charge >= 0.3 is 0 Å². The van der Waals surface area contributed by atoms with Crippen molar-refractivity contribution in [2.75, 3.05) is 5.43 Å². The van der Waals surface area contributed by atoms with Gasteiger partial charge in [0.1, 0.15) is 0 Å². The molecule has 0 unspecified atom stereocenters. The van der Waals surface area contributed by atoms with Crippen molar-refractivity contribution in [2.45, 2.75) is 45.6 Å². The fourth-order valence-electron chi connectivity index (χ4n) is 2.68. The van der Waals surface area contributed by atoms with Gasteiger partial charge in [-0.25, -0.2) is 0 Å². The minimum atomic E-state index is 0.0284. The van der Waals surface area contributed by atoms with Gasteiger partial charge in [0.2, 0.25) is 0 Å². The molecule has 0 aliphatic heterocycles. The first-order chi connectivity index (χ1) is 9.10. The number of amides is 1. The van der Waals surface area contributed by atoms with Gasteiger partial charge in [-0.05, 0) is 62.3 Å². The normalized spacial score (nSPS) is 22.9. The number of nitrogens with one attached hydrogen (secondary N) is 2. The molecule has 0 saturated heterocycles. The van der Waals surface area contributed by atoms with Crippen molar-refractivity contribution in [2.24, 2.45) is 11.8 Å². The molecule has 0 bridgehead atoms. The summed E-state index contributed by atoms with van der Waals surface area (Å²) in [6, 6.07) is 5.86. The first-order valence-electron chi connectivity index (χ1n) is 6.98. The van der Waals surface area contributed by atoms with Gasteiger partial charge in [-0.15, -0.1) is 0 Å². The largest absolute Gasteiger partial charge is 0.349 e. The molecule has 1 aliphatic rings. The molecule has 0 atom stereocenters. The quantitative estimate of drug-likeness (QED) is 0.578. The highest BCUT2D eigenvalue weighted by molar-refractivity contribution is 5.96. The Kier molecular flexibility index (Phi) is 4.43. The smallest absolute Gasteiger partial charge is 0.251 e. The molecular formula is C15H23N3O. The van der Waals surface area contributed by atoms with Crippen LogP contribution in [0.3, 0.4) is 0 Å². The minimum Gasteiger partial charge on any atom is -0.349 e. The molecule has 0 heterocycles. The van der Waals surface area contributed by atoms with E-state index in [0.717, 1.165) is 35.6 Å². The van der Waals surface area contributed by atoms with Crippen LogP contribution in [0.25, 0.3) is 0 Å². The fourth-order valence-corrected chi connectivity index (χ4v) is 2.68. The number of hydrogen-bond donors (Lipinski definition) is 3. The van der Waals surface area contributed by atoms with Crippen molar-refractivity contribution >= 4 is 11.6 Å². The van der Waals surface area contributed by atoms with Gasteiger partial charge in [0, 0.05) is 17.3 Å². The lowest BCUT2D eigenvalue weighted by Gasteiger charge is -2.27. The average molecular weight is 261 g/mol. The Morgan fingerprint density at radius 3 is 2.53 bits per heavy atom. The zero-order chi connectivity index (χ0) is 13.8. The van der Waals surface area contributed by atoms with Crippen LogP contribution < -0.4 is 16.6 Å². The van der Waals surface area contributed by atoms with Crippen LogP contribution in [-0.4, -0.2) is 11.9 Å². The number of hydrazine groups is 1. The topological polar surface area (TPSA) is 67.1 Å². The summed E-state index contributed by atoms with van der Waals surface area (Å²) in [6.07, 6.45) is 4.60. The second-order valence-corrected chi connectivity index (χ2v) is 5.60. The molecule has 4 heteroatoms. The van der Waals surface area contributed by atoms with Gasteiger partial charge in [0.25, 0.3) is 5.91 Å². The second-order valence-electron chi connectivity index (χ2n) is 5.60. The molecule has 2 rings (SSSR count). The molecule has 1 aliphatic carbocycles. The lowest BCUT2D eigenvalue weighted by Crippen LogP contribution is -2.37. The number of nitrogen functional groups attached to an aromatic ring is 1. The molecule has 0 spiro atoms. The van der Waals surface area contributed by atoms with Crippen LogP contribution in [0.4, 0.5) is 5.69 Å². The van der Waals surface area contributed by atoms with Gasteiger partial charge in [-0.1, -0.05) is 6.92 Å². The van der Waals surface area contributed by atoms with E-state index in [0.29, 0.717) is 6.04 Å². The average Bonchev–Trinajstić information content (AvgIpc) is 2.41. The minimum absolute atomic E-state index is 0.0284. The standard InChI is InChI=1S/C15H23N3O/c1-10-3-5-12(6-4-10)17-15(19)14-8-7-13(18-16)9-11(14)2/h7-10,12,18H,3-6,16H2,1-2H3,(H,17,19). The highest BCUT2D eigenvalue weighted by Crippen LogP contribution is 2.24. The summed E-state index contributed by atoms with van der Waals surface area (Å²) in [5, 5.41) is 3.14. The number of hydrogen-bond acceptors (Lipinski definition) is 3. The predicted octanol–water partition coefficient (Wildman–Crippen LogP) is 2.59. The summed E-state index contributed by atoms with van der Waals surface area (Å²) in [7, 11) is 0. The zero-order valence-corrected chi connectivity index (χ0v) is 11.7. The van der Waals surface area contributed by atoms with Gasteiger partial charge in [0.15, 0.2) is 0 Å². The van der Waals surface area contributed by atoms with Crippen molar-refractivity contribution in [1.82, 2.24) is 5.32 Å². The van der Waals surface area contributed by atoms with Crippen molar-refractivity contribution in [3.8, 4) is 0 Å². The predicted molar refractivity (Wildman–Crippen MR) is 77.9 cm³/mol. The zero-order valence-electron chi connectivity index (χ0n) is 11.7. The summed E-state index contributed by atoms with van der Waals surface area (Å²) in [5.74, 6) is 6.18. The number of aryl methyl sites for hydroxylation is 1.